The second kappa shape index (κ2) is 10.9. The molecule has 0 fully saturated rings. The number of furan rings is 1. The van der Waals surface area contributed by atoms with Gasteiger partial charge in [-0.2, -0.15) is 0 Å². The van der Waals surface area contributed by atoms with E-state index >= 15 is 0 Å². The van der Waals surface area contributed by atoms with Crippen LogP contribution in [0.4, 0.5) is 5.69 Å². The van der Waals surface area contributed by atoms with Gasteiger partial charge in [-0.3, -0.25) is 9.69 Å². The van der Waals surface area contributed by atoms with Gasteiger partial charge >= 0.3 is 5.97 Å². The topological polar surface area (TPSA) is 115 Å². The van der Waals surface area contributed by atoms with Crippen molar-refractivity contribution in [2.45, 2.75) is 25.3 Å². The average Bonchev–Trinajstić information content (AvgIpc) is 3.45. The molecule has 0 aliphatic carbocycles. The summed E-state index contributed by atoms with van der Waals surface area (Å²) in [6, 6.07) is 18.1. The summed E-state index contributed by atoms with van der Waals surface area (Å²) in [5.74, 6) is 0.188. The third-order valence-electron chi connectivity index (χ3n) is 5.65. The van der Waals surface area contributed by atoms with Crippen LogP contribution in [-0.2, 0) is 30.9 Å². The molecule has 0 radical (unpaired) electrons. The number of benzene rings is 2. The first kappa shape index (κ1) is 25.9. The molecule has 1 aliphatic rings. The fourth-order valence-corrected chi connectivity index (χ4v) is 4.92. The highest BCUT2D eigenvalue weighted by molar-refractivity contribution is 7.89. The van der Waals surface area contributed by atoms with Gasteiger partial charge < -0.3 is 13.9 Å². The molecule has 1 amide bonds. The van der Waals surface area contributed by atoms with E-state index in [1.807, 2.05) is 6.92 Å². The molecule has 37 heavy (non-hydrogen) atoms. The number of anilines is 1. The molecule has 9 nitrogen and oxygen atoms in total. The third-order valence-corrected chi connectivity index (χ3v) is 7.07. The number of hydrogen-bond acceptors (Lipinski definition) is 7. The highest BCUT2D eigenvalue weighted by Gasteiger charge is 2.38. The molecule has 2 heterocycles. The normalized spacial score (nSPS) is 14.9. The second-order valence-corrected chi connectivity index (χ2v) is 9.79. The lowest BCUT2D eigenvalue weighted by Crippen LogP contribution is -2.24. The molecule has 1 aliphatic heterocycles. The number of rotatable bonds is 9. The molecule has 0 spiro atoms. The van der Waals surface area contributed by atoms with E-state index in [0.717, 1.165) is 0 Å². The lowest BCUT2D eigenvalue weighted by atomic mass is 10.1. The minimum Gasteiger partial charge on any atom is -0.494 e. The summed E-state index contributed by atoms with van der Waals surface area (Å²) in [6.07, 6.45) is 1.45. The third kappa shape index (κ3) is 5.50. The van der Waals surface area contributed by atoms with Gasteiger partial charge in [0.05, 0.1) is 36.3 Å². The number of nitrogens with one attached hydrogen (secondary N) is 1. The number of nitrogens with zero attached hydrogens (tertiary/aromatic N) is 1. The van der Waals surface area contributed by atoms with Crippen molar-refractivity contribution in [1.29, 1.82) is 0 Å². The van der Waals surface area contributed by atoms with Crippen LogP contribution in [0.5, 0.6) is 5.75 Å². The van der Waals surface area contributed by atoms with Crippen molar-refractivity contribution in [2.24, 2.45) is 0 Å². The Bertz CT molecular complexity index is 1470. The number of ether oxygens (including phenoxy) is 2. The van der Waals surface area contributed by atoms with Gasteiger partial charge in [0, 0.05) is 11.4 Å². The van der Waals surface area contributed by atoms with Crippen LogP contribution in [0.3, 0.4) is 0 Å². The molecular weight excluding hydrogens is 496 g/mol. The molecule has 0 saturated carbocycles. The summed E-state index contributed by atoms with van der Waals surface area (Å²) in [5.41, 5.74) is 1.19. The van der Waals surface area contributed by atoms with Gasteiger partial charge in [0.15, 0.2) is 0 Å². The number of amides is 1. The van der Waals surface area contributed by atoms with Crippen molar-refractivity contribution in [3.05, 3.63) is 95.1 Å². The molecule has 10 heteroatoms. The van der Waals surface area contributed by atoms with Crippen LogP contribution < -0.4 is 14.4 Å². The molecule has 2 aromatic carbocycles. The van der Waals surface area contributed by atoms with Gasteiger partial charge in [-0.05, 0) is 68.5 Å². The number of carbonyl (C=O) groups is 2. The highest BCUT2D eigenvalue weighted by atomic mass is 32.2. The summed E-state index contributed by atoms with van der Waals surface area (Å²) in [5, 5.41) is 0. The zero-order valence-electron chi connectivity index (χ0n) is 20.6. The maximum atomic E-state index is 13.4. The first-order chi connectivity index (χ1) is 17.7. The lowest BCUT2D eigenvalue weighted by molar-refractivity contribution is -0.136. The summed E-state index contributed by atoms with van der Waals surface area (Å²) < 4.78 is 43.6. The molecule has 1 aromatic heterocycles. The number of methoxy groups -OCH3 is 1. The second-order valence-electron chi connectivity index (χ2n) is 8.02. The molecule has 0 bridgehead atoms. The van der Waals surface area contributed by atoms with E-state index < -0.39 is 21.9 Å². The monoisotopic (exact) mass is 522 g/mol. The molecule has 0 atom stereocenters. The van der Waals surface area contributed by atoms with E-state index in [4.69, 9.17) is 13.9 Å². The van der Waals surface area contributed by atoms with Crippen LogP contribution in [0.2, 0.25) is 0 Å². The average molecular weight is 523 g/mol. The Balaban J connectivity index is 1.59. The Labute approximate surface area is 215 Å². The van der Waals surface area contributed by atoms with Crippen molar-refractivity contribution in [3.8, 4) is 5.75 Å². The molecule has 1 N–H and O–H groups in total. The maximum Gasteiger partial charge on any atom is 0.340 e. The molecule has 0 saturated heterocycles. The first-order valence-corrected chi connectivity index (χ1v) is 13.0. The van der Waals surface area contributed by atoms with Crippen LogP contribution in [0.15, 0.2) is 92.9 Å². The smallest absolute Gasteiger partial charge is 0.340 e. The van der Waals surface area contributed by atoms with Crippen molar-refractivity contribution < 1.29 is 31.9 Å². The van der Waals surface area contributed by atoms with Gasteiger partial charge in [-0.15, -0.1) is 0 Å². The van der Waals surface area contributed by atoms with Gasteiger partial charge in [0.1, 0.15) is 17.3 Å². The number of carbonyl (C=O) groups excluding carboxylic acids is 2. The van der Waals surface area contributed by atoms with Crippen LogP contribution in [-0.4, -0.2) is 34.0 Å². The lowest BCUT2D eigenvalue weighted by Gasteiger charge is -2.18. The standard InChI is InChI=1S/C27H26N2O7S/c1-4-35-20-12-10-19(11-13-20)29-18(2)25(27(31)34-3)24(26(29)30)16-21-14-15-22(36-21)17-28-37(32,33)23-8-6-5-7-9-23/h5-16,28H,4,17H2,1-3H3/b24-16+. The Morgan fingerprint density at radius 3 is 2.41 bits per heavy atom. The van der Waals surface area contributed by atoms with E-state index in [2.05, 4.69) is 4.72 Å². The van der Waals surface area contributed by atoms with Crippen molar-refractivity contribution in [1.82, 2.24) is 4.72 Å². The number of hydrogen-bond donors (Lipinski definition) is 1. The van der Waals surface area contributed by atoms with Crippen LogP contribution >= 0.6 is 0 Å². The minimum absolute atomic E-state index is 0.0919. The summed E-state index contributed by atoms with van der Waals surface area (Å²) in [6.45, 7) is 3.96. The van der Waals surface area contributed by atoms with Gasteiger partial charge in [0.2, 0.25) is 10.0 Å². The zero-order valence-corrected chi connectivity index (χ0v) is 21.4. The van der Waals surface area contributed by atoms with Crippen LogP contribution in [0.25, 0.3) is 6.08 Å². The highest BCUT2D eigenvalue weighted by Crippen LogP contribution is 2.36. The van der Waals surface area contributed by atoms with Crippen molar-refractivity contribution >= 4 is 33.7 Å². The van der Waals surface area contributed by atoms with E-state index in [1.165, 1.54) is 30.2 Å². The fraction of sp³-hybridized carbons (Fsp3) is 0.185. The van der Waals surface area contributed by atoms with Crippen molar-refractivity contribution in [2.75, 3.05) is 18.6 Å². The van der Waals surface area contributed by atoms with Gasteiger partial charge in [0.25, 0.3) is 5.91 Å². The minimum atomic E-state index is -3.72. The molecule has 0 unspecified atom stereocenters. The van der Waals surface area contributed by atoms with E-state index in [1.54, 1.807) is 61.5 Å². The first-order valence-electron chi connectivity index (χ1n) is 11.5. The Hall–Kier alpha value is -4.15. The Morgan fingerprint density at radius 1 is 1.05 bits per heavy atom. The summed E-state index contributed by atoms with van der Waals surface area (Å²) in [7, 11) is -2.48. The number of allylic oxidation sites excluding steroid dienone is 1. The van der Waals surface area contributed by atoms with Gasteiger partial charge in [-0.1, -0.05) is 18.2 Å². The predicted octanol–water partition coefficient (Wildman–Crippen LogP) is 4.03. The summed E-state index contributed by atoms with van der Waals surface area (Å²) >= 11 is 0. The predicted molar refractivity (Wildman–Crippen MR) is 137 cm³/mol. The Morgan fingerprint density at radius 2 is 1.76 bits per heavy atom. The molecule has 192 valence electrons. The maximum absolute atomic E-state index is 13.4. The van der Waals surface area contributed by atoms with Gasteiger partial charge in [-0.25, -0.2) is 17.9 Å². The van der Waals surface area contributed by atoms with Crippen molar-refractivity contribution in [3.63, 3.8) is 0 Å². The van der Waals surface area contributed by atoms with Crippen LogP contribution in [0.1, 0.15) is 25.4 Å². The Kier molecular flexibility index (Phi) is 7.61. The fourth-order valence-electron chi connectivity index (χ4n) is 3.91. The number of sulfonamides is 1. The quantitative estimate of drug-likeness (QED) is 0.333. The largest absolute Gasteiger partial charge is 0.494 e. The molecular formula is C27H26N2O7S. The van der Waals surface area contributed by atoms with E-state index in [-0.39, 0.29) is 28.3 Å². The zero-order chi connectivity index (χ0) is 26.6. The molecule has 4 rings (SSSR count). The SMILES string of the molecule is CCOc1ccc(N2C(=O)/C(=C/c3ccc(CNS(=O)(=O)c4ccccc4)o3)C(C(=O)OC)=C2C)cc1. The molecule has 3 aromatic rings. The number of esters is 1. The van der Waals surface area contributed by atoms with E-state index in [9.17, 15) is 18.0 Å². The van der Waals surface area contributed by atoms with Crippen LogP contribution in [0, 0.1) is 0 Å². The van der Waals surface area contributed by atoms with E-state index in [0.29, 0.717) is 29.5 Å². The summed E-state index contributed by atoms with van der Waals surface area (Å²) in [4.78, 5) is 27.6.